The molecule has 0 aromatic rings. The van der Waals surface area contributed by atoms with Gasteiger partial charge in [0.05, 0.1) is 6.61 Å². The number of carbonyl (C=O) groups is 2. The highest BCUT2D eigenvalue weighted by molar-refractivity contribution is 5.87. The maximum absolute atomic E-state index is 11.8. The lowest BCUT2D eigenvalue weighted by Crippen LogP contribution is -2.54. The van der Waals surface area contributed by atoms with Crippen LogP contribution < -0.4 is 5.32 Å². The van der Waals surface area contributed by atoms with E-state index < -0.39 is 11.5 Å². The molecule has 1 amide bonds. The van der Waals surface area contributed by atoms with E-state index in [0.29, 0.717) is 12.8 Å². The van der Waals surface area contributed by atoms with Gasteiger partial charge in [0.25, 0.3) is 0 Å². The summed E-state index contributed by atoms with van der Waals surface area (Å²) in [6.07, 6.45) is 3.79. The van der Waals surface area contributed by atoms with Crippen LogP contribution in [-0.4, -0.2) is 24.0 Å². The first-order chi connectivity index (χ1) is 7.52. The predicted octanol–water partition coefficient (Wildman–Crippen LogP) is 1.58. The van der Waals surface area contributed by atoms with E-state index in [9.17, 15) is 9.59 Å². The molecule has 0 unspecified atom stereocenters. The summed E-state index contributed by atoms with van der Waals surface area (Å²) in [5.41, 5.74) is -1.06. The fourth-order valence-electron chi connectivity index (χ4n) is 1.50. The van der Waals surface area contributed by atoms with Crippen LogP contribution in [0.1, 0.15) is 26.7 Å². The van der Waals surface area contributed by atoms with Crippen molar-refractivity contribution in [2.75, 3.05) is 6.61 Å². The van der Waals surface area contributed by atoms with Crippen molar-refractivity contribution in [2.45, 2.75) is 32.2 Å². The van der Waals surface area contributed by atoms with E-state index in [0.717, 1.165) is 0 Å². The van der Waals surface area contributed by atoms with Crippen molar-refractivity contribution < 1.29 is 14.3 Å². The minimum atomic E-state index is -1.06. The molecule has 4 heteroatoms. The van der Waals surface area contributed by atoms with Gasteiger partial charge >= 0.3 is 5.97 Å². The van der Waals surface area contributed by atoms with Crippen LogP contribution in [0.15, 0.2) is 25.3 Å². The Labute approximate surface area is 96.4 Å². The van der Waals surface area contributed by atoms with E-state index in [1.54, 1.807) is 19.1 Å². The van der Waals surface area contributed by atoms with Gasteiger partial charge in [0.2, 0.25) is 5.91 Å². The topological polar surface area (TPSA) is 55.4 Å². The first kappa shape index (κ1) is 14.4. The predicted molar refractivity (Wildman–Crippen MR) is 62.8 cm³/mol. The van der Waals surface area contributed by atoms with Crippen LogP contribution >= 0.6 is 0 Å². The van der Waals surface area contributed by atoms with Crippen molar-refractivity contribution in [2.24, 2.45) is 0 Å². The van der Waals surface area contributed by atoms with E-state index in [2.05, 4.69) is 18.5 Å². The molecular weight excluding hydrogens is 206 g/mol. The summed E-state index contributed by atoms with van der Waals surface area (Å²) in [6, 6.07) is 0. The van der Waals surface area contributed by atoms with Crippen molar-refractivity contribution in [1.29, 1.82) is 0 Å². The number of ether oxygens (including phenoxy) is 1. The maximum Gasteiger partial charge on any atom is 0.332 e. The van der Waals surface area contributed by atoms with Gasteiger partial charge in [-0.05, 0) is 19.8 Å². The molecule has 0 heterocycles. The molecule has 0 aromatic heterocycles. The quantitative estimate of drug-likeness (QED) is 0.528. The third-order valence-corrected chi connectivity index (χ3v) is 2.07. The van der Waals surface area contributed by atoms with Gasteiger partial charge in [-0.2, -0.15) is 0 Å². The summed E-state index contributed by atoms with van der Waals surface area (Å²) in [5.74, 6) is -0.734. The zero-order valence-corrected chi connectivity index (χ0v) is 9.91. The molecule has 0 saturated heterocycles. The summed E-state index contributed by atoms with van der Waals surface area (Å²) in [5, 5.41) is 2.62. The lowest BCUT2D eigenvalue weighted by atomic mass is 9.91. The standard InChI is InChI=1S/C12H19NO3/c1-5-8-12(9-6-2,13-10(4)14)11(15)16-7-3/h5-6H,1-2,7-9H2,3-4H3,(H,13,14). The highest BCUT2D eigenvalue weighted by atomic mass is 16.5. The Balaban J connectivity index is 5.04. The smallest absolute Gasteiger partial charge is 0.332 e. The summed E-state index contributed by atoms with van der Waals surface area (Å²) in [7, 11) is 0. The molecule has 0 fully saturated rings. The maximum atomic E-state index is 11.8. The van der Waals surface area contributed by atoms with Gasteiger partial charge in [0, 0.05) is 6.92 Å². The number of hydrogen-bond acceptors (Lipinski definition) is 3. The molecule has 0 aliphatic heterocycles. The second-order valence-corrected chi connectivity index (χ2v) is 3.47. The van der Waals surface area contributed by atoms with Crippen LogP contribution in [0.4, 0.5) is 0 Å². The van der Waals surface area contributed by atoms with Crippen LogP contribution in [-0.2, 0) is 14.3 Å². The molecular formula is C12H19NO3. The molecule has 0 spiro atoms. The van der Waals surface area contributed by atoms with Gasteiger partial charge in [-0.3, -0.25) is 4.79 Å². The molecule has 0 saturated carbocycles. The van der Waals surface area contributed by atoms with Gasteiger partial charge in [-0.15, -0.1) is 13.2 Å². The molecule has 0 bridgehead atoms. The number of amides is 1. The Morgan fingerprint density at radius 3 is 2.12 bits per heavy atom. The Morgan fingerprint density at radius 2 is 1.81 bits per heavy atom. The fraction of sp³-hybridized carbons (Fsp3) is 0.500. The van der Waals surface area contributed by atoms with Gasteiger partial charge < -0.3 is 10.1 Å². The molecule has 90 valence electrons. The van der Waals surface area contributed by atoms with E-state index in [1.807, 2.05) is 0 Å². The molecule has 0 radical (unpaired) electrons. The SMILES string of the molecule is C=CCC(CC=C)(NC(C)=O)C(=O)OCC. The molecule has 4 nitrogen and oxygen atoms in total. The highest BCUT2D eigenvalue weighted by Gasteiger charge is 2.38. The Hall–Kier alpha value is -1.58. The number of rotatable bonds is 7. The lowest BCUT2D eigenvalue weighted by Gasteiger charge is -2.30. The van der Waals surface area contributed by atoms with Crippen LogP contribution in [0.2, 0.25) is 0 Å². The first-order valence-corrected chi connectivity index (χ1v) is 5.20. The second-order valence-electron chi connectivity index (χ2n) is 3.47. The number of hydrogen-bond donors (Lipinski definition) is 1. The van der Waals surface area contributed by atoms with Crippen molar-refractivity contribution in [1.82, 2.24) is 5.32 Å². The summed E-state index contributed by atoms with van der Waals surface area (Å²) >= 11 is 0. The van der Waals surface area contributed by atoms with E-state index >= 15 is 0 Å². The minimum Gasteiger partial charge on any atom is -0.464 e. The van der Waals surface area contributed by atoms with Gasteiger partial charge in [-0.1, -0.05) is 12.2 Å². The summed E-state index contributed by atoms with van der Waals surface area (Å²) in [4.78, 5) is 23.0. The molecule has 0 aromatic carbocycles. The van der Waals surface area contributed by atoms with Crippen molar-refractivity contribution in [3.05, 3.63) is 25.3 Å². The van der Waals surface area contributed by atoms with E-state index in [-0.39, 0.29) is 12.5 Å². The minimum absolute atomic E-state index is 0.272. The van der Waals surface area contributed by atoms with Crippen molar-refractivity contribution in [3.63, 3.8) is 0 Å². The molecule has 16 heavy (non-hydrogen) atoms. The van der Waals surface area contributed by atoms with Crippen LogP contribution in [0.5, 0.6) is 0 Å². The molecule has 1 N–H and O–H groups in total. The van der Waals surface area contributed by atoms with Crippen molar-refractivity contribution in [3.8, 4) is 0 Å². The largest absolute Gasteiger partial charge is 0.464 e. The van der Waals surface area contributed by atoms with Crippen molar-refractivity contribution >= 4 is 11.9 Å². The molecule has 0 atom stereocenters. The van der Waals surface area contributed by atoms with Crippen LogP contribution in [0.25, 0.3) is 0 Å². The Bertz CT molecular complexity index is 274. The fourth-order valence-corrected chi connectivity index (χ4v) is 1.50. The van der Waals surface area contributed by atoms with Gasteiger partial charge in [0.1, 0.15) is 5.54 Å². The number of carbonyl (C=O) groups excluding carboxylic acids is 2. The number of nitrogens with one attached hydrogen (secondary N) is 1. The normalized spacial score (nSPS) is 10.4. The second kappa shape index (κ2) is 6.82. The van der Waals surface area contributed by atoms with E-state index in [4.69, 9.17) is 4.74 Å². The lowest BCUT2D eigenvalue weighted by molar-refractivity contribution is -0.153. The summed E-state index contributed by atoms with van der Waals surface area (Å²) in [6.45, 7) is 10.5. The third kappa shape index (κ3) is 3.88. The Kier molecular flexibility index (Phi) is 6.15. The number of esters is 1. The Morgan fingerprint density at radius 1 is 1.31 bits per heavy atom. The zero-order chi connectivity index (χ0) is 12.6. The summed E-state index contributed by atoms with van der Waals surface area (Å²) < 4.78 is 4.96. The van der Waals surface area contributed by atoms with Crippen LogP contribution in [0.3, 0.4) is 0 Å². The van der Waals surface area contributed by atoms with E-state index in [1.165, 1.54) is 6.92 Å². The van der Waals surface area contributed by atoms with Gasteiger partial charge in [0.15, 0.2) is 0 Å². The monoisotopic (exact) mass is 225 g/mol. The third-order valence-electron chi connectivity index (χ3n) is 2.07. The molecule has 0 aliphatic carbocycles. The van der Waals surface area contributed by atoms with Crippen LogP contribution in [0, 0.1) is 0 Å². The molecule has 0 rings (SSSR count). The average molecular weight is 225 g/mol. The zero-order valence-electron chi connectivity index (χ0n) is 9.91. The highest BCUT2D eigenvalue weighted by Crippen LogP contribution is 2.19. The average Bonchev–Trinajstić information content (AvgIpc) is 2.17. The molecule has 0 aliphatic rings. The van der Waals surface area contributed by atoms with Gasteiger partial charge in [-0.25, -0.2) is 4.79 Å². The first-order valence-electron chi connectivity index (χ1n) is 5.20.